The zero-order valence-electron chi connectivity index (χ0n) is 14.4. The van der Waals surface area contributed by atoms with Crippen molar-refractivity contribution in [2.45, 2.75) is 37.6 Å². The summed E-state index contributed by atoms with van der Waals surface area (Å²) in [5, 5.41) is 12.2. The minimum Gasteiger partial charge on any atom is -0.480 e. The molecule has 3 rings (SSSR count). The highest BCUT2D eigenvalue weighted by molar-refractivity contribution is 7.99. The first-order valence-corrected chi connectivity index (χ1v) is 9.87. The molecule has 1 aliphatic heterocycles. The molecule has 0 saturated carbocycles. The molecule has 26 heavy (non-hydrogen) atoms. The van der Waals surface area contributed by atoms with E-state index >= 15 is 0 Å². The molecule has 0 unspecified atom stereocenters. The summed E-state index contributed by atoms with van der Waals surface area (Å²) in [6, 6.07) is 9.71. The Morgan fingerprint density at radius 1 is 1.23 bits per heavy atom. The molecule has 0 atom stereocenters. The lowest BCUT2D eigenvalue weighted by atomic mass is 9.92. The predicted molar refractivity (Wildman–Crippen MR) is 99.9 cm³/mol. The van der Waals surface area contributed by atoms with Crippen molar-refractivity contribution in [3.8, 4) is 11.3 Å². The molecule has 0 aliphatic carbocycles. The third kappa shape index (κ3) is 4.46. The largest absolute Gasteiger partial charge is 0.480 e. The van der Waals surface area contributed by atoms with Crippen molar-refractivity contribution in [1.29, 1.82) is 0 Å². The Morgan fingerprint density at radius 3 is 2.65 bits per heavy atom. The van der Waals surface area contributed by atoms with Crippen LogP contribution in [0.15, 0.2) is 40.9 Å². The number of aliphatic carboxylic acids is 1. The van der Waals surface area contributed by atoms with Gasteiger partial charge in [0.25, 0.3) is 0 Å². The monoisotopic (exact) mass is 374 g/mol. The first-order chi connectivity index (χ1) is 12.6. The topological polar surface area (TPSA) is 92.4 Å². The van der Waals surface area contributed by atoms with Gasteiger partial charge < -0.3 is 14.8 Å². The van der Waals surface area contributed by atoms with Gasteiger partial charge in [-0.3, -0.25) is 4.79 Å². The standard InChI is InChI=1S/C19H22N2O4S/c22-16(21-19(18(23)24)9-11-26-12-10-19)7-4-8-17-20-13-15(25-17)14-5-2-1-3-6-14/h1-3,5-6,13H,4,7-12H2,(H,21,22)(H,23,24). The molecular weight excluding hydrogens is 352 g/mol. The first kappa shape index (κ1) is 18.5. The van der Waals surface area contributed by atoms with Gasteiger partial charge >= 0.3 is 5.97 Å². The summed E-state index contributed by atoms with van der Waals surface area (Å²) in [5.41, 5.74) is -0.145. The highest BCUT2D eigenvalue weighted by atomic mass is 32.2. The molecule has 1 aromatic carbocycles. The van der Waals surface area contributed by atoms with Gasteiger partial charge in [0, 0.05) is 18.4 Å². The number of benzene rings is 1. The lowest BCUT2D eigenvalue weighted by molar-refractivity contribution is -0.148. The van der Waals surface area contributed by atoms with E-state index in [4.69, 9.17) is 4.42 Å². The van der Waals surface area contributed by atoms with Crippen molar-refractivity contribution in [2.24, 2.45) is 0 Å². The van der Waals surface area contributed by atoms with Crippen LogP contribution in [-0.2, 0) is 16.0 Å². The molecule has 0 radical (unpaired) electrons. The molecule has 0 spiro atoms. The molecule has 1 aliphatic rings. The summed E-state index contributed by atoms with van der Waals surface area (Å²) >= 11 is 1.72. The van der Waals surface area contributed by atoms with Gasteiger partial charge in [-0.15, -0.1) is 0 Å². The number of aromatic nitrogens is 1. The fourth-order valence-corrected chi connectivity index (χ4v) is 4.19. The van der Waals surface area contributed by atoms with E-state index in [1.54, 1.807) is 18.0 Å². The van der Waals surface area contributed by atoms with E-state index in [0.29, 0.717) is 37.3 Å². The highest BCUT2D eigenvalue weighted by Crippen LogP contribution is 2.27. The summed E-state index contributed by atoms with van der Waals surface area (Å²) < 4.78 is 5.72. The number of amides is 1. The molecule has 2 heterocycles. The maximum Gasteiger partial charge on any atom is 0.329 e. The van der Waals surface area contributed by atoms with E-state index in [-0.39, 0.29) is 12.3 Å². The zero-order chi connectivity index (χ0) is 18.4. The van der Waals surface area contributed by atoms with Gasteiger partial charge in [-0.2, -0.15) is 11.8 Å². The number of nitrogens with zero attached hydrogens (tertiary/aromatic N) is 1. The average molecular weight is 374 g/mol. The van der Waals surface area contributed by atoms with Crippen LogP contribution in [0.2, 0.25) is 0 Å². The SMILES string of the molecule is O=C(CCCc1ncc(-c2ccccc2)o1)NC1(C(=O)O)CCSCC1. The average Bonchev–Trinajstić information content (AvgIpc) is 3.12. The van der Waals surface area contributed by atoms with E-state index in [0.717, 1.165) is 17.1 Å². The van der Waals surface area contributed by atoms with Crippen LogP contribution >= 0.6 is 11.8 Å². The van der Waals surface area contributed by atoms with Crippen molar-refractivity contribution >= 4 is 23.6 Å². The van der Waals surface area contributed by atoms with Gasteiger partial charge in [0.15, 0.2) is 11.7 Å². The number of carbonyl (C=O) groups excluding carboxylic acids is 1. The van der Waals surface area contributed by atoms with Crippen LogP contribution in [0.4, 0.5) is 0 Å². The van der Waals surface area contributed by atoms with Crippen LogP contribution in [0, 0.1) is 0 Å². The van der Waals surface area contributed by atoms with E-state index in [9.17, 15) is 14.7 Å². The molecule has 2 aromatic rings. The smallest absolute Gasteiger partial charge is 0.329 e. The molecule has 1 fully saturated rings. The second kappa shape index (κ2) is 8.40. The van der Waals surface area contributed by atoms with Crippen LogP contribution in [-0.4, -0.2) is 39.0 Å². The fraction of sp³-hybridized carbons (Fsp3) is 0.421. The molecular formula is C19H22N2O4S. The Morgan fingerprint density at radius 2 is 1.96 bits per heavy atom. The number of aryl methyl sites for hydroxylation is 1. The van der Waals surface area contributed by atoms with Crippen LogP contribution in [0.5, 0.6) is 0 Å². The van der Waals surface area contributed by atoms with Gasteiger partial charge in [0.05, 0.1) is 6.20 Å². The Hall–Kier alpha value is -2.28. The lowest BCUT2D eigenvalue weighted by Crippen LogP contribution is -2.56. The van der Waals surface area contributed by atoms with E-state index in [1.165, 1.54) is 0 Å². The van der Waals surface area contributed by atoms with Crippen molar-refractivity contribution in [1.82, 2.24) is 10.3 Å². The third-order valence-electron chi connectivity index (χ3n) is 4.54. The predicted octanol–water partition coefficient (Wildman–Crippen LogP) is 3.13. The fourth-order valence-electron chi connectivity index (χ4n) is 3.00. The van der Waals surface area contributed by atoms with E-state index < -0.39 is 11.5 Å². The van der Waals surface area contributed by atoms with Crippen LogP contribution in [0.3, 0.4) is 0 Å². The molecule has 2 N–H and O–H groups in total. The second-order valence-corrected chi connectivity index (χ2v) is 7.61. The number of oxazole rings is 1. The third-order valence-corrected chi connectivity index (χ3v) is 5.53. The maximum atomic E-state index is 12.2. The van der Waals surface area contributed by atoms with E-state index in [1.807, 2.05) is 30.3 Å². The molecule has 1 aromatic heterocycles. The van der Waals surface area contributed by atoms with Gasteiger partial charge in [0.2, 0.25) is 5.91 Å². The Bertz CT molecular complexity index is 754. The van der Waals surface area contributed by atoms with Gasteiger partial charge in [0.1, 0.15) is 5.54 Å². The highest BCUT2D eigenvalue weighted by Gasteiger charge is 2.41. The molecule has 1 amide bonds. The molecule has 6 nitrogen and oxygen atoms in total. The zero-order valence-corrected chi connectivity index (χ0v) is 15.3. The van der Waals surface area contributed by atoms with Gasteiger partial charge in [-0.05, 0) is 30.8 Å². The van der Waals surface area contributed by atoms with Crippen LogP contribution in [0.25, 0.3) is 11.3 Å². The van der Waals surface area contributed by atoms with Crippen molar-refractivity contribution in [3.63, 3.8) is 0 Å². The lowest BCUT2D eigenvalue weighted by Gasteiger charge is -2.33. The second-order valence-electron chi connectivity index (χ2n) is 6.39. The summed E-state index contributed by atoms with van der Waals surface area (Å²) in [5.74, 6) is 1.63. The summed E-state index contributed by atoms with van der Waals surface area (Å²) in [7, 11) is 0. The van der Waals surface area contributed by atoms with Crippen LogP contribution < -0.4 is 5.32 Å². The number of nitrogens with one attached hydrogen (secondary N) is 1. The molecule has 1 saturated heterocycles. The normalized spacial score (nSPS) is 16.2. The first-order valence-electron chi connectivity index (χ1n) is 8.71. The Labute approximate surface area is 156 Å². The van der Waals surface area contributed by atoms with E-state index in [2.05, 4.69) is 10.3 Å². The van der Waals surface area contributed by atoms with Crippen molar-refractivity contribution in [3.05, 3.63) is 42.4 Å². The quantitative estimate of drug-likeness (QED) is 0.773. The minimum absolute atomic E-state index is 0.228. The summed E-state index contributed by atoms with van der Waals surface area (Å²) in [4.78, 5) is 28.1. The van der Waals surface area contributed by atoms with Gasteiger partial charge in [-0.25, -0.2) is 9.78 Å². The van der Waals surface area contributed by atoms with Crippen molar-refractivity contribution in [2.75, 3.05) is 11.5 Å². The number of carbonyl (C=O) groups is 2. The van der Waals surface area contributed by atoms with Crippen molar-refractivity contribution < 1.29 is 19.1 Å². The number of hydrogen-bond donors (Lipinski definition) is 2. The number of carboxylic acids is 1. The molecule has 138 valence electrons. The summed E-state index contributed by atoms with van der Waals surface area (Å²) in [6.07, 6.45) is 3.98. The molecule has 0 bridgehead atoms. The number of rotatable bonds is 7. The Kier molecular flexibility index (Phi) is 5.98. The number of carboxylic acid groups (broad SMARTS) is 1. The Balaban J connectivity index is 1.49. The maximum absolute atomic E-state index is 12.2. The van der Waals surface area contributed by atoms with Crippen LogP contribution in [0.1, 0.15) is 31.6 Å². The number of hydrogen-bond acceptors (Lipinski definition) is 5. The molecule has 7 heteroatoms. The summed E-state index contributed by atoms with van der Waals surface area (Å²) in [6.45, 7) is 0. The minimum atomic E-state index is -1.11. The van der Waals surface area contributed by atoms with Gasteiger partial charge in [-0.1, -0.05) is 30.3 Å². The number of thioether (sulfide) groups is 1.